The van der Waals surface area contributed by atoms with Crippen LogP contribution in [0.4, 0.5) is 0 Å². The molecule has 0 saturated heterocycles. The van der Waals surface area contributed by atoms with Crippen molar-refractivity contribution >= 4 is 14.5 Å². The van der Waals surface area contributed by atoms with Crippen molar-refractivity contribution in [3.63, 3.8) is 0 Å². The van der Waals surface area contributed by atoms with Gasteiger partial charge in [-0.05, 0) is 38.9 Å². The molecule has 0 amide bonds. The first-order chi connectivity index (χ1) is 13.5. The molecule has 1 unspecified atom stereocenters. The summed E-state index contributed by atoms with van der Waals surface area (Å²) in [7, 11) is 4.51. The van der Waals surface area contributed by atoms with Crippen LogP contribution < -0.4 is 10.0 Å². The van der Waals surface area contributed by atoms with E-state index in [1.54, 1.807) is 7.11 Å². The highest BCUT2D eigenvalue weighted by Gasteiger charge is 2.19. The van der Waals surface area contributed by atoms with Crippen molar-refractivity contribution in [2.75, 3.05) is 7.11 Å². The third kappa shape index (κ3) is 6.72. The topological polar surface area (TPSA) is 9.23 Å². The summed E-state index contributed by atoms with van der Waals surface area (Å²) in [5.74, 6) is 0.915. The quantitative estimate of drug-likeness (QED) is 0.411. The van der Waals surface area contributed by atoms with E-state index in [2.05, 4.69) is 87.2 Å². The molecule has 2 heteroatoms. The van der Waals surface area contributed by atoms with E-state index in [0.717, 1.165) is 11.3 Å². The van der Waals surface area contributed by atoms with E-state index in [-0.39, 0.29) is 10.8 Å². The summed E-state index contributed by atoms with van der Waals surface area (Å²) < 4.78 is 5.30. The summed E-state index contributed by atoms with van der Waals surface area (Å²) in [4.78, 5) is 0. The number of rotatable bonds is 2. The van der Waals surface area contributed by atoms with Crippen LogP contribution in [0.25, 0.3) is 11.1 Å². The lowest BCUT2D eigenvalue weighted by Crippen LogP contribution is -2.18. The monoisotopic (exact) mass is 406 g/mol. The van der Waals surface area contributed by atoms with Crippen molar-refractivity contribution in [2.24, 2.45) is 0 Å². The van der Waals surface area contributed by atoms with E-state index >= 15 is 0 Å². The molecule has 0 radical (unpaired) electrons. The van der Waals surface area contributed by atoms with Gasteiger partial charge in [-0.25, -0.2) is 0 Å². The zero-order valence-corrected chi connectivity index (χ0v) is 20.1. The van der Waals surface area contributed by atoms with Crippen LogP contribution in [0.2, 0.25) is 0 Å². The Morgan fingerprint density at radius 2 is 1.14 bits per heavy atom. The molecule has 3 aromatic carbocycles. The van der Waals surface area contributed by atoms with Gasteiger partial charge in [-0.3, -0.25) is 0 Å². The SMILES string of the molecule is CC(C)(C)c1cc(P)cc(C(C)(C)C)c1.COc1ccccc1-c1ccccc1. The molecule has 1 nitrogen and oxygen atoms in total. The highest BCUT2D eigenvalue weighted by Crippen LogP contribution is 2.29. The molecular formula is C27H35OP. The second-order valence-electron chi connectivity index (χ2n) is 9.41. The van der Waals surface area contributed by atoms with Crippen LogP contribution in [0.3, 0.4) is 0 Å². The second-order valence-corrected chi connectivity index (χ2v) is 10.1. The number of hydrogen-bond acceptors (Lipinski definition) is 1. The van der Waals surface area contributed by atoms with Gasteiger partial charge >= 0.3 is 0 Å². The van der Waals surface area contributed by atoms with E-state index in [0.29, 0.717) is 0 Å². The Labute approximate surface area is 179 Å². The van der Waals surface area contributed by atoms with Gasteiger partial charge in [0, 0.05) is 5.56 Å². The van der Waals surface area contributed by atoms with Crippen LogP contribution in [0.15, 0.2) is 72.8 Å². The molecule has 0 N–H and O–H groups in total. The number of benzene rings is 3. The van der Waals surface area contributed by atoms with Crippen molar-refractivity contribution in [3.8, 4) is 16.9 Å². The second kappa shape index (κ2) is 9.59. The van der Waals surface area contributed by atoms with Gasteiger partial charge in [0.2, 0.25) is 0 Å². The Morgan fingerprint density at radius 3 is 1.62 bits per heavy atom. The van der Waals surface area contributed by atoms with Gasteiger partial charge in [-0.1, -0.05) is 108 Å². The average molecular weight is 407 g/mol. The maximum absolute atomic E-state index is 5.30. The van der Waals surface area contributed by atoms with Gasteiger partial charge in [-0.15, -0.1) is 9.24 Å². The van der Waals surface area contributed by atoms with Crippen LogP contribution >= 0.6 is 9.24 Å². The van der Waals surface area contributed by atoms with Crippen molar-refractivity contribution in [2.45, 2.75) is 52.4 Å². The van der Waals surface area contributed by atoms with Crippen LogP contribution in [-0.2, 0) is 10.8 Å². The van der Waals surface area contributed by atoms with Gasteiger partial charge in [0.1, 0.15) is 5.75 Å². The fourth-order valence-corrected chi connectivity index (χ4v) is 3.38. The number of ether oxygens (including phenoxy) is 1. The molecule has 0 aromatic heterocycles. The minimum Gasteiger partial charge on any atom is -0.496 e. The van der Waals surface area contributed by atoms with Crippen LogP contribution in [0.5, 0.6) is 5.75 Å². The molecule has 29 heavy (non-hydrogen) atoms. The molecule has 1 atom stereocenters. The summed E-state index contributed by atoms with van der Waals surface area (Å²) >= 11 is 0. The van der Waals surface area contributed by atoms with Gasteiger partial charge in [0.05, 0.1) is 7.11 Å². The third-order valence-corrected chi connectivity index (χ3v) is 5.21. The molecule has 0 saturated carbocycles. The summed E-state index contributed by atoms with van der Waals surface area (Å²) in [5.41, 5.74) is 5.61. The molecule has 154 valence electrons. The Kier molecular flexibility index (Phi) is 7.66. The predicted octanol–water partition coefficient (Wildman–Crippen LogP) is 7.14. The largest absolute Gasteiger partial charge is 0.496 e. The Balaban J connectivity index is 0.000000207. The van der Waals surface area contributed by atoms with Crippen molar-refractivity contribution < 1.29 is 4.74 Å². The van der Waals surface area contributed by atoms with E-state index in [9.17, 15) is 0 Å². The lowest BCUT2D eigenvalue weighted by Gasteiger charge is -2.25. The molecule has 0 bridgehead atoms. The first-order valence-electron chi connectivity index (χ1n) is 10.1. The lowest BCUT2D eigenvalue weighted by molar-refractivity contribution is 0.416. The highest BCUT2D eigenvalue weighted by molar-refractivity contribution is 7.27. The summed E-state index contributed by atoms with van der Waals surface area (Å²) in [6, 6.07) is 25.1. The van der Waals surface area contributed by atoms with Crippen LogP contribution in [-0.4, -0.2) is 7.11 Å². The highest BCUT2D eigenvalue weighted by atomic mass is 31.0. The van der Waals surface area contributed by atoms with E-state index in [1.165, 1.54) is 22.0 Å². The normalized spacial score (nSPS) is 11.4. The Hall–Kier alpha value is -2.11. The predicted molar refractivity (Wildman–Crippen MR) is 132 cm³/mol. The minimum absolute atomic E-state index is 0.229. The number of methoxy groups -OCH3 is 1. The van der Waals surface area contributed by atoms with Crippen molar-refractivity contribution in [1.82, 2.24) is 0 Å². The molecule has 0 heterocycles. The van der Waals surface area contributed by atoms with Crippen LogP contribution in [0, 0.1) is 0 Å². The summed E-state index contributed by atoms with van der Waals surface area (Å²) in [5, 5.41) is 1.28. The van der Waals surface area contributed by atoms with Crippen molar-refractivity contribution in [1.29, 1.82) is 0 Å². The maximum atomic E-state index is 5.30. The van der Waals surface area contributed by atoms with Gasteiger partial charge < -0.3 is 4.74 Å². The Bertz CT molecular complexity index is 883. The molecule has 0 spiro atoms. The summed E-state index contributed by atoms with van der Waals surface area (Å²) in [6.45, 7) is 13.6. The maximum Gasteiger partial charge on any atom is 0.126 e. The third-order valence-electron chi connectivity index (χ3n) is 4.88. The molecular weight excluding hydrogens is 371 g/mol. The number of hydrogen-bond donors (Lipinski definition) is 0. The zero-order chi connectivity index (χ0) is 21.7. The van der Waals surface area contributed by atoms with E-state index < -0.39 is 0 Å². The van der Waals surface area contributed by atoms with Crippen molar-refractivity contribution in [3.05, 3.63) is 83.9 Å². The first kappa shape index (κ1) is 23.2. The fourth-order valence-electron chi connectivity index (χ4n) is 3.02. The van der Waals surface area contributed by atoms with Gasteiger partial charge in [0.25, 0.3) is 0 Å². The molecule has 3 rings (SSSR count). The van der Waals surface area contributed by atoms with Gasteiger partial charge in [-0.2, -0.15) is 0 Å². The first-order valence-corrected chi connectivity index (χ1v) is 10.7. The smallest absolute Gasteiger partial charge is 0.126 e. The summed E-state index contributed by atoms with van der Waals surface area (Å²) in [6.07, 6.45) is 0. The molecule has 0 aliphatic carbocycles. The van der Waals surface area contributed by atoms with Crippen LogP contribution in [0.1, 0.15) is 52.7 Å². The average Bonchev–Trinajstić information content (AvgIpc) is 2.67. The standard InChI is InChI=1S/C14H23P.C13H12O/c1-13(2,3)10-7-11(14(4,5)6)9-12(15)8-10;1-14-13-10-6-5-9-12(13)11-7-3-2-4-8-11/h7-9H,15H2,1-6H3;2-10H,1H3. The lowest BCUT2D eigenvalue weighted by atomic mass is 9.81. The molecule has 0 fully saturated rings. The van der Waals surface area contributed by atoms with E-state index in [1.807, 2.05) is 36.4 Å². The molecule has 0 aliphatic heterocycles. The van der Waals surface area contributed by atoms with E-state index in [4.69, 9.17) is 4.74 Å². The Morgan fingerprint density at radius 1 is 0.655 bits per heavy atom. The fraction of sp³-hybridized carbons (Fsp3) is 0.333. The number of para-hydroxylation sites is 1. The zero-order valence-electron chi connectivity index (χ0n) is 18.9. The molecule has 0 aliphatic rings. The minimum atomic E-state index is 0.229. The van der Waals surface area contributed by atoms with Gasteiger partial charge in [0.15, 0.2) is 0 Å². The molecule has 3 aromatic rings.